The molecule has 2 aromatic rings. The van der Waals surface area contributed by atoms with Crippen molar-refractivity contribution in [2.75, 3.05) is 0 Å². The third kappa shape index (κ3) is 3.95. The molecule has 1 aliphatic carbocycles. The van der Waals surface area contributed by atoms with Gasteiger partial charge in [-0.15, -0.1) is 11.3 Å². The number of rotatable bonds is 3. The zero-order valence-corrected chi connectivity index (χ0v) is 14.8. The lowest BCUT2D eigenvalue weighted by Crippen LogP contribution is -2.19. The molecule has 3 rings (SSSR count). The van der Waals surface area contributed by atoms with Gasteiger partial charge in [0.25, 0.3) is 0 Å². The molecule has 22 heavy (non-hydrogen) atoms. The molecule has 0 atom stereocenters. The maximum atomic E-state index is 6.25. The van der Waals surface area contributed by atoms with Crippen molar-refractivity contribution in [3.63, 3.8) is 0 Å². The van der Waals surface area contributed by atoms with Crippen molar-refractivity contribution in [2.45, 2.75) is 45.1 Å². The second-order valence-electron chi connectivity index (χ2n) is 5.88. The average molecular weight is 355 g/mol. The van der Waals surface area contributed by atoms with Crippen LogP contribution in [-0.4, -0.2) is 4.57 Å². The quantitative estimate of drug-likeness (QED) is 0.596. The summed E-state index contributed by atoms with van der Waals surface area (Å²) in [4.78, 5) is 5.71. The van der Waals surface area contributed by atoms with Crippen LogP contribution in [0.1, 0.15) is 38.5 Å². The largest absolute Gasteiger partial charge is 0.323 e. The maximum absolute atomic E-state index is 6.25. The number of benzene rings is 1. The fraction of sp³-hybridized carbons (Fsp3) is 0.471. The molecule has 1 aromatic heterocycles. The van der Waals surface area contributed by atoms with Crippen LogP contribution >= 0.6 is 34.5 Å². The first-order valence-corrected chi connectivity index (χ1v) is 9.50. The van der Waals surface area contributed by atoms with E-state index in [2.05, 4.69) is 16.1 Å². The van der Waals surface area contributed by atoms with Crippen LogP contribution in [0.25, 0.3) is 0 Å². The summed E-state index contributed by atoms with van der Waals surface area (Å²) in [6.45, 7) is 1.06. The van der Waals surface area contributed by atoms with Crippen molar-refractivity contribution in [1.29, 1.82) is 0 Å². The Hall–Kier alpha value is -0.770. The zero-order chi connectivity index (χ0) is 15.4. The number of hydrogen-bond acceptors (Lipinski definition) is 2. The van der Waals surface area contributed by atoms with Crippen molar-refractivity contribution >= 4 is 40.2 Å². The zero-order valence-electron chi connectivity index (χ0n) is 12.5. The fourth-order valence-electron chi connectivity index (χ4n) is 3.03. The molecule has 0 N–H and O–H groups in total. The van der Waals surface area contributed by atoms with Crippen molar-refractivity contribution in [3.8, 4) is 0 Å². The smallest absolute Gasteiger partial charge is 0.189 e. The van der Waals surface area contributed by atoms with Crippen LogP contribution in [0.15, 0.2) is 34.8 Å². The van der Waals surface area contributed by atoms with Gasteiger partial charge in [-0.05, 0) is 30.9 Å². The van der Waals surface area contributed by atoms with Gasteiger partial charge in [-0.1, -0.05) is 55.0 Å². The highest BCUT2D eigenvalue weighted by Crippen LogP contribution is 2.31. The lowest BCUT2D eigenvalue weighted by atomic mass is 10.0. The van der Waals surface area contributed by atoms with E-state index in [4.69, 9.17) is 28.2 Å². The summed E-state index contributed by atoms with van der Waals surface area (Å²) in [6.07, 6.45) is 10.3. The minimum atomic E-state index is 0.526. The van der Waals surface area contributed by atoms with Crippen LogP contribution in [0, 0.1) is 5.92 Å². The predicted molar refractivity (Wildman–Crippen MR) is 95.2 cm³/mol. The molecule has 0 aliphatic heterocycles. The van der Waals surface area contributed by atoms with Gasteiger partial charge < -0.3 is 4.57 Å². The minimum absolute atomic E-state index is 0.526. The molecule has 1 fully saturated rings. The SMILES string of the molecule is Clc1cccc(N=c2sccn2CC2CCCCCC2)c1Cl. The normalized spacial score (nSPS) is 17.6. The van der Waals surface area contributed by atoms with Gasteiger partial charge in [-0.2, -0.15) is 0 Å². The molecule has 1 aromatic carbocycles. The van der Waals surface area contributed by atoms with E-state index in [9.17, 15) is 0 Å². The molecule has 118 valence electrons. The van der Waals surface area contributed by atoms with E-state index < -0.39 is 0 Å². The standard InChI is InChI=1S/C17H20Cl2N2S/c18-14-8-5-9-15(16(14)19)20-17-21(10-11-22-17)12-13-6-3-1-2-4-7-13/h5,8-11,13H,1-4,6-7,12H2. The highest BCUT2D eigenvalue weighted by molar-refractivity contribution is 7.07. The average Bonchev–Trinajstić information content (AvgIpc) is 2.78. The van der Waals surface area contributed by atoms with Gasteiger partial charge >= 0.3 is 0 Å². The highest BCUT2D eigenvalue weighted by atomic mass is 35.5. The van der Waals surface area contributed by atoms with Gasteiger partial charge in [0.2, 0.25) is 0 Å². The van der Waals surface area contributed by atoms with Crippen molar-refractivity contribution in [3.05, 3.63) is 44.6 Å². The number of aromatic nitrogens is 1. The molecule has 0 saturated heterocycles. The molecule has 1 heterocycles. The number of thiazole rings is 1. The van der Waals surface area contributed by atoms with E-state index in [-0.39, 0.29) is 0 Å². The molecule has 0 unspecified atom stereocenters. The monoisotopic (exact) mass is 354 g/mol. The minimum Gasteiger partial charge on any atom is -0.323 e. The first-order chi connectivity index (χ1) is 10.7. The van der Waals surface area contributed by atoms with Crippen LogP contribution in [0.4, 0.5) is 5.69 Å². The Kier molecular flexibility index (Phi) is 5.61. The Balaban J connectivity index is 1.85. The predicted octanol–water partition coefficient (Wildman–Crippen LogP) is 6.06. The molecule has 0 amide bonds. The van der Waals surface area contributed by atoms with E-state index in [1.54, 1.807) is 17.4 Å². The Morgan fingerprint density at radius 2 is 1.91 bits per heavy atom. The van der Waals surface area contributed by atoms with E-state index in [1.807, 2.05) is 12.1 Å². The first kappa shape index (κ1) is 16.1. The van der Waals surface area contributed by atoms with Gasteiger partial charge in [-0.3, -0.25) is 0 Å². The first-order valence-electron chi connectivity index (χ1n) is 7.87. The fourth-order valence-corrected chi connectivity index (χ4v) is 4.12. The Labute approximate surface area is 145 Å². The van der Waals surface area contributed by atoms with Gasteiger partial charge in [0, 0.05) is 18.1 Å². The summed E-state index contributed by atoms with van der Waals surface area (Å²) in [5, 5.41) is 3.17. The molecule has 1 saturated carbocycles. The summed E-state index contributed by atoms with van der Waals surface area (Å²) in [5.41, 5.74) is 0.742. The molecule has 0 bridgehead atoms. The van der Waals surface area contributed by atoms with Crippen LogP contribution in [0.2, 0.25) is 10.0 Å². The van der Waals surface area contributed by atoms with E-state index >= 15 is 0 Å². The molecule has 5 heteroatoms. The molecule has 1 aliphatic rings. The van der Waals surface area contributed by atoms with E-state index in [0.29, 0.717) is 10.0 Å². The summed E-state index contributed by atoms with van der Waals surface area (Å²) in [7, 11) is 0. The van der Waals surface area contributed by atoms with Crippen LogP contribution in [0.5, 0.6) is 0 Å². The lowest BCUT2D eigenvalue weighted by Gasteiger charge is -2.14. The summed E-state index contributed by atoms with van der Waals surface area (Å²) in [5.74, 6) is 0.769. The molecule has 0 radical (unpaired) electrons. The van der Waals surface area contributed by atoms with E-state index in [1.165, 1.54) is 38.5 Å². The van der Waals surface area contributed by atoms with Crippen LogP contribution < -0.4 is 4.80 Å². The topological polar surface area (TPSA) is 17.3 Å². The second-order valence-corrected chi connectivity index (χ2v) is 7.54. The van der Waals surface area contributed by atoms with Crippen LogP contribution in [-0.2, 0) is 6.54 Å². The Morgan fingerprint density at radius 3 is 2.68 bits per heavy atom. The van der Waals surface area contributed by atoms with E-state index in [0.717, 1.165) is 23.0 Å². The molecule has 0 spiro atoms. The maximum Gasteiger partial charge on any atom is 0.189 e. The Morgan fingerprint density at radius 1 is 1.14 bits per heavy atom. The third-order valence-electron chi connectivity index (χ3n) is 4.24. The summed E-state index contributed by atoms with van der Waals surface area (Å²) >= 11 is 14.0. The number of nitrogens with zero attached hydrogens (tertiary/aromatic N) is 2. The van der Waals surface area contributed by atoms with Gasteiger partial charge in [0.15, 0.2) is 4.80 Å². The number of halogens is 2. The highest BCUT2D eigenvalue weighted by Gasteiger charge is 2.13. The van der Waals surface area contributed by atoms with Crippen molar-refractivity contribution in [1.82, 2.24) is 4.57 Å². The molecular weight excluding hydrogens is 335 g/mol. The third-order valence-corrected chi connectivity index (χ3v) is 5.84. The number of hydrogen-bond donors (Lipinski definition) is 0. The van der Waals surface area contributed by atoms with Crippen molar-refractivity contribution < 1.29 is 0 Å². The van der Waals surface area contributed by atoms with Crippen molar-refractivity contribution in [2.24, 2.45) is 10.9 Å². The molecular formula is C17H20Cl2N2S. The van der Waals surface area contributed by atoms with Crippen LogP contribution in [0.3, 0.4) is 0 Å². The van der Waals surface area contributed by atoms with Gasteiger partial charge in [0.05, 0.1) is 15.7 Å². The Bertz CT molecular complexity index is 682. The summed E-state index contributed by atoms with van der Waals surface area (Å²) < 4.78 is 2.26. The van der Waals surface area contributed by atoms with Gasteiger partial charge in [0.1, 0.15) is 0 Å². The lowest BCUT2D eigenvalue weighted by molar-refractivity contribution is 0.391. The summed E-state index contributed by atoms with van der Waals surface area (Å²) in [6, 6.07) is 5.58. The second kappa shape index (κ2) is 7.67. The van der Waals surface area contributed by atoms with Gasteiger partial charge in [-0.25, -0.2) is 4.99 Å². The molecule has 2 nitrogen and oxygen atoms in total.